The van der Waals surface area contributed by atoms with Crippen LogP contribution in [0.1, 0.15) is 34.2 Å². The molecule has 90 valence electrons. The van der Waals surface area contributed by atoms with Crippen molar-refractivity contribution in [2.24, 2.45) is 0 Å². The third-order valence-corrected chi connectivity index (χ3v) is 4.72. The van der Waals surface area contributed by atoms with Crippen LogP contribution < -0.4 is 5.32 Å². The van der Waals surface area contributed by atoms with Gasteiger partial charge in [0.15, 0.2) is 0 Å². The maximum absolute atomic E-state index is 3.69. The molecule has 2 heterocycles. The smallest absolute Gasteiger partial charge is 0.0364 e. The largest absolute Gasteiger partial charge is 0.309 e. The lowest BCUT2D eigenvalue weighted by atomic mass is 9.85. The molecule has 0 fully saturated rings. The highest BCUT2D eigenvalue weighted by molar-refractivity contribution is 9.10. The van der Waals surface area contributed by atoms with E-state index in [1.165, 1.54) is 26.7 Å². The van der Waals surface area contributed by atoms with Gasteiger partial charge in [0, 0.05) is 23.0 Å². The van der Waals surface area contributed by atoms with E-state index in [0.717, 1.165) is 13.0 Å². The van der Waals surface area contributed by atoms with Gasteiger partial charge in [-0.15, -0.1) is 0 Å². The predicted molar refractivity (Wildman–Crippen MR) is 76.9 cm³/mol. The van der Waals surface area contributed by atoms with Gasteiger partial charge in [-0.05, 0) is 40.8 Å². The molecule has 2 aromatic carbocycles. The third kappa shape index (κ3) is 1.49. The zero-order valence-electron chi connectivity index (χ0n) is 9.99. The topological polar surface area (TPSA) is 12.0 Å². The molecule has 2 bridgehead atoms. The fourth-order valence-corrected chi connectivity index (χ4v) is 3.76. The quantitative estimate of drug-likeness (QED) is 0.780. The first-order valence-electron chi connectivity index (χ1n) is 6.43. The lowest BCUT2D eigenvalue weighted by molar-refractivity contribution is 0.500. The molecule has 2 heteroatoms. The Morgan fingerprint density at radius 2 is 1.83 bits per heavy atom. The lowest BCUT2D eigenvalue weighted by Crippen LogP contribution is -2.31. The van der Waals surface area contributed by atoms with Crippen LogP contribution in [0.5, 0.6) is 0 Å². The van der Waals surface area contributed by atoms with Crippen LogP contribution in [0, 0.1) is 0 Å². The first kappa shape index (κ1) is 10.8. The van der Waals surface area contributed by atoms with Crippen molar-refractivity contribution in [2.75, 3.05) is 6.54 Å². The Hall–Kier alpha value is -1.12. The lowest BCUT2D eigenvalue weighted by Gasteiger charge is -2.29. The van der Waals surface area contributed by atoms with Gasteiger partial charge in [-0.1, -0.05) is 46.3 Å². The summed E-state index contributed by atoms with van der Waals surface area (Å²) in [5, 5.41) is 3.69. The van der Waals surface area contributed by atoms with Crippen LogP contribution in [-0.2, 0) is 6.42 Å². The van der Waals surface area contributed by atoms with E-state index in [0.29, 0.717) is 12.0 Å². The minimum absolute atomic E-state index is 0.486. The van der Waals surface area contributed by atoms with Gasteiger partial charge in [0.25, 0.3) is 0 Å². The molecule has 3 aliphatic rings. The van der Waals surface area contributed by atoms with Gasteiger partial charge in [0.05, 0.1) is 0 Å². The Labute approximate surface area is 115 Å². The monoisotopic (exact) mass is 299 g/mol. The summed E-state index contributed by atoms with van der Waals surface area (Å²) in [6.07, 6.45) is 1.11. The second-order valence-corrected chi connectivity index (χ2v) is 6.11. The number of hydrogen-bond donors (Lipinski definition) is 1. The summed E-state index contributed by atoms with van der Waals surface area (Å²) in [5.74, 6) is 0.507. The Bertz CT molecular complexity index is 620. The van der Waals surface area contributed by atoms with E-state index in [-0.39, 0.29) is 0 Å². The fraction of sp³-hybridized carbons (Fsp3) is 0.250. The minimum Gasteiger partial charge on any atom is -0.309 e. The first-order chi connectivity index (χ1) is 8.83. The van der Waals surface area contributed by atoms with E-state index >= 15 is 0 Å². The average Bonchev–Trinajstić information content (AvgIpc) is 2.65. The maximum atomic E-state index is 3.69. The van der Waals surface area contributed by atoms with Gasteiger partial charge >= 0.3 is 0 Å². The van der Waals surface area contributed by atoms with Crippen molar-refractivity contribution in [1.82, 2.24) is 5.32 Å². The van der Waals surface area contributed by atoms with Crippen LogP contribution in [0.15, 0.2) is 46.9 Å². The fourth-order valence-electron chi connectivity index (χ4n) is 3.38. The van der Waals surface area contributed by atoms with Crippen molar-refractivity contribution in [2.45, 2.75) is 18.4 Å². The Morgan fingerprint density at radius 3 is 2.72 bits per heavy atom. The van der Waals surface area contributed by atoms with E-state index in [4.69, 9.17) is 0 Å². The zero-order chi connectivity index (χ0) is 12.1. The molecule has 1 N–H and O–H groups in total. The number of rotatable bonds is 0. The molecule has 0 saturated carbocycles. The molecule has 0 amide bonds. The summed E-state index contributed by atoms with van der Waals surface area (Å²) in [4.78, 5) is 0. The second kappa shape index (κ2) is 3.94. The second-order valence-electron chi connectivity index (χ2n) is 5.19. The van der Waals surface area contributed by atoms with Gasteiger partial charge in [-0.2, -0.15) is 0 Å². The van der Waals surface area contributed by atoms with Gasteiger partial charge in [-0.25, -0.2) is 0 Å². The van der Waals surface area contributed by atoms with Crippen molar-refractivity contribution < 1.29 is 0 Å². The molecular formula is C16H14BrN. The Morgan fingerprint density at radius 1 is 1.00 bits per heavy atom. The van der Waals surface area contributed by atoms with E-state index in [9.17, 15) is 0 Å². The van der Waals surface area contributed by atoms with Crippen LogP contribution in [0.3, 0.4) is 0 Å². The molecule has 5 rings (SSSR count). The van der Waals surface area contributed by atoms with Gasteiger partial charge in [-0.3, -0.25) is 0 Å². The molecule has 2 aliphatic heterocycles. The number of hydrogen-bond acceptors (Lipinski definition) is 1. The van der Waals surface area contributed by atoms with Crippen LogP contribution in [0.2, 0.25) is 0 Å². The van der Waals surface area contributed by atoms with Crippen molar-refractivity contribution in [1.29, 1.82) is 0 Å². The highest BCUT2D eigenvalue weighted by Gasteiger charge is 2.33. The van der Waals surface area contributed by atoms with Crippen molar-refractivity contribution in [3.05, 3.63) is 69.2 Å². The number of fused-ring (bicyclic) bond motifs is 1. The predicted octanol–water partition coefficient (Wildman–Crippen LogP) is 3.78. The number of nitrogens with one attached hydrogen (secondary N) is 1. The van der Waals surface area contributed by atoms with Crippen molar-refractivity contribution >= 4 is 15.9 Å². The summed E-state index contributed by atoms with van der Waals surface area (Å²) in [6.45, 7) is 1.06. The van der Waals surface area contributed by atoms with Gasteiger partial charge < -0.3 is 5.32 Å². The molecule has 0 aromatic heterocycles. The van der Waals surface area contributed by atoms with Crippen molar-refractivity contribution in [3.63, 3.8) is 0 Å². The molecule has 2 atom stereocenters. The standard InChI is InChI=1S/C16H14BrN/c17-11-6-5-10-7-16-13-4-2-1-3-12(13)15(9-18-16)14(10)8-11/h1-6,8,15-16,18H,7,9H2. The van der Waals surface area contributed by atoms with E-state index in [2.05, 4.69) is 63.7 Å². The molecule has 2 unspecified atom stereocenters. The molecule has 2 aromatic rings. The molecule has 1 aliphatic carbocycles. The third-order valence-electron chi connectivity index (χ3n) is 4.22. The number of benzene rings is 2. The number of halogens is 1. The summed E-state index contributed by atoms with van der Waals surface area (Å²) in [6, 6.07) is 16.1. The zero-order valence-corrected chi connectivity index (χ0v) is 11.6. The molecule has 0 saturated heterocycles. The SMILES string of the molecule is Brc1ccc2c(c1)C1CNC(C2)c2ccccc21. The van der Waals surface area contributed by atoms with E-state index in [1.807, 2.05) is 0 Å². The van der Waals surface area contributed by atoms with Crippen LogP contribution in [0.25, 0.3) is 0 Å². The van der Waals surface area contributed by atoms with Gasteiger partial charge in [0.1, 0.15) is 0 Å². The summed E-state index contributed by atoms with van der Waals surface area (Å²) < 4.78 is 1.18. The normalized spacial score (nSPS) is 24.3. The molecular weight excluding hydrogens is 286 g/mol. The summed E-state index contributed by atoms with van der Waals surface area (Å²) in [5.41, 5.74) is 5.98. The highest BCUT2D eigenvalue weighted by Crippen LogP contribution is 2.42. The Balaban J connectivity index is 1.99. The van der Waals surface area contributed by atoms with Gasteiger partial charge in [0.2, 0.25) is 0 Å². The minimum atomic E-state index is 0.486. The van der Waals surface area contributed by atoms with E-state index < -0.39 is 0 Å². The maximum Gasteiger partial charge on any atom is 0.0364 e. The molecule has 18 heavy (non-hydrogen) atoms. The van der Waals surface area contributed by atoms with Crippen LogP contribution in [-0.4, -0.2) is 6.54 Å². The van der Waals surface area contributed by atoms with E-state index in [1.54, 1.807) is 0 Å². The molecule has 1 nitrogen and oxygen atoms in total. The average molecular weight is 300 g/mol. The Kier molecular flexibility index (Phi) is 2.36. The molecule has 0 spiro atoms. The van der Waals surface area contributed by atoms with Crippen LogP contribution >= 0.6 is 15.9 Å². The van der Waals surface area contributed by atoms with Crippen molar-refractivity contribution in [3.8, 4) is 0 Å². The first-order valence-corrected chi connectivity index (χ1v) is 7.23. The summed E-state index contributed by atoms with van der Waals surface area (Å²) >= 11 is 3.61. The summed E-state index contributed by atoms with van der Waals surface area (Å²) in [7, 11) is 0. The van der Waals surface area contributed by atoms with Crippen LogP contribution in [0.4, 0.5) is 0 Å². The highest BCUT2D eigenvalue weighted by atomic mass is 79.9. The molecule has 0 radical (unpaired) electrons.